The third kappa shape index (κ3) is 20.2. The molecule has 1 unspecified atom stereocenters. The predicted molar refractivity (Wildman–Crippen MR) is 206 cm³/mol. The van der Waals surface area contributed by atoms with E-state index in [1.54, 1.807) is 11.6 Å². The molecule has 6 nitrogen and oxygen atoms in total. The van der Waals surface area contributed by atoms with E-state index in [0.29, 0.717) is 11.7 Å². The van der Waals surface area contributed by atoms with Gasteiger partial charge < -0.3 is 26.6 Å². The largest absolute Gasteiger partial charge is 0.405 e. The van der Waals surface area contributed by atoms with Crippen LogP contribution in [0.1, 0.15) is 62.1 Å². The van der Waals surface area contributed by atoms with Gasteiger partial charge in [0, 0.05) is 37.4 Å². The highest BCUT2D eigenvalue weighted by molar-refractivity contribution is 7.78. The van der Waals surface area contributed by atoms with Crippen molar-refractivity contribution in [2.24, 2.45) is 10.7 Å². The number of aryl methyl sites for hydroxylation is 1. The Labute approximate surface area is 285 Å². The van der Waals surface area contributed by atoms with Gasteiger partial charge in [-0.25, -0.2) is 0 Å². The molecule has 7 heteroatoms. The lowest BCUT2D eigenvalue weighted by Gasteiger charge is -2.20. The van der Waals surface area contributed by atoms with Crippen molar-refractivity contribution in [2.75, 3.05) is 20.1 Å². The van der Waals surface area contributed by atoms with Crippen molar-refractivity contribution in [3.05, 3.63) is 133 Å². The van der Waals surface area contributed by atoms with Crippen LogP contribution >= 0.6 is 12.2 Å². The Bertz CT molecular complexity index is 1180. The van der Waals surface area contributed by atoms with Gasteiger partial charge in [0.2, 0.25) is 0 Å². The fourth-order valence-corrected chi connectivity index (χ4v) is 5.16. The molecular formula is C39H58N6S. The number of rotatable bonds is 18. The predicted octanol–water partition coefficient (Wildman–Crippen LogP) is 7.61. The van der Waals surface area contributed by atoms with E-state index >= 15 is 0 Å². The molecule has 0 aliphatic heterocycles. The van der Waals surface area contributed by atoms with Crippen molar-refractivity contribution in [1.29, 1.82) is 0 Å². The Kier molecular flexibility index (Phi) is 22.9. The molecule has 0 amide bonds. The Morgan fingerprint density at radius 1 is 1.02 bits per heavy atom. The van der Waals surface area contributed by atoms with Crippen molar-refractivity contribution in [3.8, 4) is 0 Å². The summed E-state index contributed by atoms with van der Waals surface area (Å²) in [5.74, 6) is 0. The Balaban J connectivity index is 0.000000812. The highest BCUT2D eigenvalue weighted by Gasteiger charge is 2.09. The van der Waals surface area contributed by atoms with Crippen LogP contribution < -0.4 is 21.7 Å². The Morgan fingerprint density at radius 2 is 1.67 bits per heavy atom. The molecule has 1 fully saturated rings. The molecule has 2 aromatic rings. The third-order valence-corrected chi connectivity index (χ3v) is 7.78. The monoisotopic (exact) mass is 642 g/mol. The van der Waals surface area contributed by atoms with Gasteiger partial charge >= 0.3 is 0 Å². The molecule has 0 aromatic heterocycles. The normalized spacial score (nSPS) is 13.3. The molecule has 1 atom stereocenters. The van der Waals surface area contributed by atoms with Crippen LogP contribution in [0.4, 0.5) is 0 Å². The highest BCUT2D eigenvalue weighted by Crippen LogP contribution is 2.16. The van der Waals surface area contributed by atoms with Gasteiger partial charge in [-0.3, -0.25) is 4.99 Å². The molecule has 1 saturated carbocycles. The van der Waals surface area contributed by atoms with E-state index in [1.807, 2.05) is 18.4 Å². The first-order valence-corrected chi connectivity index (χ1v) is 16.8. The molecule has 0 bridgehead atoms. The summed E-state index contributed by atoms with van der Waals surface area (Å²) in [7, 11) is 2.07. The van der Waals surface area contributed by atoms with Gasteiger partial charge in [0.25, 0.3) is 0 Å². The topological polar surface area (TPSA) is 77.7 Å². The average Bonchev–Trinajstić information content (AvgIpc) is 3.08. The lowest BCUT2D eigenvalue weighted by Crippen LogP contribution is -2.28. The van der Waals surface area contributed by atoms with Crippen LogP contribution in [0.25, 0.3) is 0 Å². The van der Waals surface area contributed by atoms with Crippen LogP contribution in [-0.2, 0) is 19.4 Å². The summed E-state index contributed by atoms with van der Waals surface area (Å²) < 4.78 is 0. The number of nitrogens with two attached hydrogens (primary N) is 1. The first-order valence-electron chi connectivity index (χ1n) is 16.3. The number of hydrogen-bond donors (Lipinski definition) is 4. The number of nitrogens with zero attached hydrogens (tertiary/aromatic N) is 2. The molecule has 0 saturated heterocycles. The minimum atomic E-state index is 0.335. The molecular weight excluding hydrogens is 585 g/mol. The molecule has 46 heavy (non-hydrogen) atoms. The van der Waals surface area contributed by atoms with Crippen LogP contribution in [0.3, 0.4) is 0 Å². The highest BCUT2D eigenvalue weighted by atomic mass is 32.1. The van der Waals surface area contributed by atoms with Gasteiger partial charge in [0.1, 0.15) is 0 Å². The summed E-state index contributed by atoms with van der Waals surface area (Å²) in [5.41, 5.74) is 12.0. The molecule has 250 valence electrons. The van der Waals surface area contributed by atoms with Gasteiger partial charge in [-0.2, -0.15) is 0 Å². The van der Waals surface area contributed by atoms with Crippen LogP contribution in [0.15, 0.2) is 121 Å². The molecule has 3 rings (SSSR count). The van der Waals surface area contributed by atoms with Crippen LogP contribution in [0.5, 0.6) is 0 Å². The molecule has 5 N–H and O–H groups in total. The van der Waals surface area contributed by atoms with Crippen molar-refractivity contribution in [3.63, 3.8) is 0 Å². The zero-order valence-electron chi connectivity index (χ0n) is 28.3. The van der Waals surface area contributed by atoms with E-state index in [9.17, 15) is 0 Å². The van der Waals surface area contributed by atoms with Crippen LogP contribution in [0, 0.1) is 0 Å². The van der Waals surface area contributed by atoms with Gasteiger partial charge in [0.05, 0.1) is 11.2 Å². The first kappa shape index (κ1) is 40.1. The Hall–Kier alpha value is -3.94. The van der Waals surface area contributed by atoms with Gasteiger partial charge in [-0.05, 0) is 94.0 Å². The van der Waals surface area contributed by atoms with Crippen molar-refractivity contribution in [2.45, 2.75) is 76.9 Å². The second-order valence-corrected chi connectivity index (χ2v) is 11.6. The van der Waals surface area contributed by atoms with E-state index in [4.69, 9.17) is 12.2 Å². The third-order valence-electron chi connectivity index (χ3n) is 7.48. The van der Waals surface area contributed by atoms with Crippen molar-refractivity contribution < 1.29 is 0 Å². The van der Waals surface area contributed by atoms with Gasteiger partial charge in [-0.15, -0.1) is 0 Å². The minimum Gasteiger partial charge on any atom is -0.405 e. The molecule has 2 aromatic carbocycles. The van der Waals surface area contributed by atoms with Gasteiger partial charge in [-0.1, -0.05) is 112 Å². The second-order valence-electron chi connectivity index (χ2n) is 11.4. The van der Waals surface area contributed by atoms with Crippen molar-refractivity contribution in [1.82, 2.24) is 20.9 Å². The maximum Gasteiger partial charge on any atom is 0.0644 e. The lowest BCUT2D eigenvalue weighted by atomic mass is 9.96. The molecule has 0 radical (unpaired) electrons. The smallest absolute Gasteiger partial charge is 0.0644 e. The zero-order valence-corrected chi connectivity index (χ0v) is 29.1. The fraction of sp³-hybridized carbons (Fsp3) is 0.385. The molecule has 1 aliphatic carbocycles. The number of benzene rings is 2. The van der Waals surface area contributed by atoms with Crippen LogP contribution in [-0.4, -0.2) is 49.3 Å². The van der Waals surface area contributed by atoms with E-state index in [2.05, 4.69) is 127 Å². The van der Waals surface area contributed by atoms with Gasteiger partial charge in [0.15, 0.2) is 0 Å². The maximum atomic E-state index is 5.21. The summed E-state index contributed by atoms with van der Waals surface area (Å²) in [4.78, 5) is 5.86. The minimum absolute atomic E-state index is 0.335. The summed E-state index contributed by atoms with van der Waals surface area (Å²) in [6.45, 7) is 19.1. The number of aliphatic imine (C=N–C) groups is 1. The molecule has 0 heterocycles. The molecule has 0 spiro atoms. The SMILES string of the molecule is C=CN.C=NC(=C)/C=C\C=C/NCCN(C=S)Cc1ccc(CC(C)NC(=C)CCc2ccccc2)cc1.CNC1CCCCC1. The van der Waals surface area contributed by atoms with Crippen LogP contribution in [0.2, 0.25) is 0 Å². The second kappa shape index (κ2) is 26.3. The quantitative estimate of drug-likeness (QED) is 0.0580. The number of allylic oxidation sites excluding steroid dienone is 4. The fourth-order valence-electron chi connectivity index (χ4n) is 4.98. The van der Waals surface area contributed by atoms with E-state index in [-0.39, 0.29) is 0 Å². The van der Waals surface area contributed by atoms with Crippen molar-refractivity contribution >= 4 is 24.4 Å². The number of nitrogens with one attached hydrogen (secondary N) is 3. The zero-order chi connectivity index (χ0) is 33.8. The summed E-state index contributed by atoms with van der Waals surface area (Å²) in [5, 5.41) is 10.1. The lowest BCUT2D eigenvalue weighted by molar-refractivity contribution is 0.394. The van der Waals surface area contributed by atoms with E-state index in [0.717, 1.165) is 50.6 Å². The summed E-state index contributed by atoms with van der Waals surface area (Å²) in [6, 6.07) is 20.5. The number of thiocarbonyl (C=S) groups is 1. The maximum absolute atomic E-state index is 5.21. The summed E-state index contributed by atoms with van der Waals surface area (Å²) >= 11 is 5.21. The molecule has 1 aliphatic rings. The summed E-state index contributed by atoms with van der Waals surface area (Å²) in [6.07, 6.45) is 18.8. The van der Waals surface area contributed by atoms with E-state index < -0.39 is 0 Å². The first-order chi connectivity index (χ1) is 22.3. The van der Waals surface area contributed by atoms with E-state index in [1.165, 1.54) is 55.0 Å². The average molecular weight is 643 g/mol. The standard InChI is InChI=1S/C30H38N4S.C7H15N.C2H5N/c1-25(31-4)10-8-9-19-32-20-21-34(24-35)23-30-17-15-29(16-18-30)22-27(3)33-26(2)13-14-28-11-6-5-7-12-28;1-8-7-5-3-2-4-6-7;1-2-3/h5-12,15-19,24,27,32-33H,1-2,4,13-14,20-23H2,3H3;7-8H,2-6H2,1H3;2H,1,3H2/b10-8-,19-9-;;. The number of hydrogen-bond acceptors (Lipinski definition) is 6. The Morgan fingerprint density at radius 3 is 2.26 bits per heavy atom.